The number of rotatable bonds is 8. The fraction of sp³-hybridized carbons (Fsp3) is 0.700. The van der Waals surface area contributed by atoms with Gasteiger partial charge in [0, 0.05) is 23.6 Å². The first kappa shape index (κ1) is 13.5. The molecule has 0 aromatic heterocycles. The van der Waals surface area contributed by atoms with E-state index in [1.54, 1.807) is 11.8 Å². The lowest BCUT2D eigenvalue weighted by atomic mass is 10.4. The molecule has 0 saturated carbocycles. The van der Waals surface area contributed by atoms with Crippen LogP contribution in [0.1, 0.15) is 13.8 Å². The Morgan fingerprint density at radius 3 is 2.43 bits per heavy atom. The van der Waals surface area contributed by atoms with Crippen LogP contribution >= 0.6 is 11.8 Å². The lowest BCUT2D eigenvalue weighted by molar-refractivity contribution is -0.132. The molecule has 0 radical (unpaired) electrons. The monoisotopic (exact) mass is 217 g/mol. The molecule has 0 fully saturated rings. The highest BCUT2D eigenvalue weighted by Gasteiger charge is 2.04. The van der Waals surface area contributed by atoms with Crippen LogP contribution in [0.5, 0.6) is 0 Å². The minimum atomic E-state index is -0.889. The Labute approximate surface area is 90.2 Å². The van der Waals surface area contributed by atoms with E-state index in [2.05, 4.69) is 25.3 Å². The molecule has 1 N–H and O–H groups in total. The molecule has 0 heterocycles. The van der Waals surface area contributed by atoms with E-state index in [0.29, 0.717) is 5.75 Å². The average molecular weight is 217 g/mol. The van der Waals surface area contributed by atoms with Crippen molar-refractivity contribution in [3.8, 4) is 0 Å². The summed E-state index contributed by atoms with van der Waals surface area (Å²) in [5, 5.41) is 8.56. The van der Waals surface area contributed by atoms with Crippen molar-refractivity contribution in [2.75, 3.05) is 31.1 Å². The van der Waals surface area contributed by atoms with Crippen LogP contribution in [0.3, 0.4) is 0 Å². The zero-order chi connectivity index (χ0) is 11.0. The molecule has 0 aliphatic rings. The van der Waals surface area contributed by atoms with E-state index in [1.165, 1.54) is 0 Å². The largest absolute Gasteiger partial charge is 0.478 e. The Bertz CT molecular complexity index is 191. The van der Waals surface area contributed by atoms with Crippen molar-refractivity contribution in [1.82, 2.24) is 4.90 Å². The molecule has 0 spiro atoms. The van der Waals surface area contributed by atoms with Crippen molar-refractivity contribution in [2.45, 2.75) is 13.8 Å². The molecule has 0 atom stereocenters. The van der Waals surface area contributed by atoms with E-state index < -0.39 is 5.97 Å². The summed E-state index contributed by atoms with van der Waals surface area (Å²) >= 11 is 1.63. The maximum Gasteiger partial charge on any atom is 0.331 e. The molecule has 0 aromatic carbocycles. The number of hydrogen-bond acceptors (Lipinski definition) is 3. The number of carboxylic acids is 1. The SMILES string of the molecule is C=C(CSCCN(CC)CC)C(=O)O. The van der Waals surface area contributed by atoms with Gasteiger partial charge >= 0.3 is 5.97 Å². The highest BCUT2D eigenvalue weighted by molar-refractivity contribution is 7.99. The lowest BCUT2D eigenvalue weighted by Crippen LogP contribution is -2.25. The molecule has 0 amide bonds. The number of thioether (sulfide) groups is 1. The molecule has 3 nitrogen and oxygen atoms in total. The third-order valence-electron chi connectivity index (χ3n) is 2.03. The molecule has 4 heteroatoms. The topological polar surface area (TPSA) is 40.5 Å². The third kappa shape index (κ3) is 6.05. The van der Waals surface area contributed by atoms with Gasteiger partial charge in [-0.05, 0) is 13.1 Å². The summed E-state index contributed by atoms with van der Waals surface area (Å²) in [7, 11) is 0. The summed E-state index contributed by atoms with van der Waals surface area (Å²) < 4.78 is 0. The van der Waals surface area contributed by atoms with Gasteiger partial charge in [-0.15, -0.1) is 0 Å². The van der Waals surface area contributed by atoms with Gasteiger partial charge in [-0.3, -0.25) is 0 Å². The quantitative estimate of drug-likeness (QED) is 0.496. The summed E-state index contributed by atoms with van der Waals surface area (Å²) in [5.41, 5.74) is 0.287. The van der Waals surface area contributed by atoms with E-state index >= 15 is 0 Å². The number of carboxylic acid groups (broad SMARTS) is 1. The van der Waals surface area contributed by atoms with Gasteiger partial charge in [-0.1, -0.05) is 20.4 Å². The van der Waals surface area contributed by atoms with Crippen molar-refractivity contribution in [3.05, 3.63) is 12.2 Å². The zero-order valence-corrected chi connectivity index (χ0v) is 9.77. The second-order valence-corrected chi connectivity index (χ2v) is 4.09. The summed E-state index contributed by atoms with van der Waals surface area (Å²) in [5.74, 6) is 0.602. The van der Waals surface area contributed by atoms with Crippen molar-refractivity contribution < 1.29 is 9.90 Å². The molecule has 0 rings (SSSR count). The molecular formula is C10H19NO2S. The van der Waals surface area contributed by atoms with E-state index in [9.17, 15) is 4.79 Å². The highest BCUT2D eigenvalue weighted by Crippen LogP contribution is 2.06. The van der Waals surface area contributed by atoms with Crippen molar-refractivity contribution in [2.24, 2.45) is 0 Å². The fourth-order valence-electron chi connectivity index (χ4n) is 0.991. The van der Waals surface area contributed by atoms with Crippen LogP contribution < -0.4 is 0 Å². The lowest BCUT2D eigenvalue weighted by Gasteiger charge is -2.17. The summed E-state index contributed by atoms with van der Waals surface area (Å²) in [6.07, 6.45) is 0. The normalized spacial score (nSPS) is 10.5. The molecule has 0 saturated heterocycles. The van der Waals surface area contributed by atoms with Crippen LogP contribution in [0, 0.1) is 0 Å². The van der Waals surface area contributed by atoms with Gasteiger partial charge < -0.3 is 10.0 Å². The number of hydrogen-bond donors (Lipinski definition) is 1. The zero-order valence-electron chi connectivity index (χ0n) is 8.95. The summed E-state index contributed by atoms with van der Waals surface area (Å²) in [6.45, 7) is 10.9. The molecule has 0 aliphatic heterocycles. The highest BCUT2D eigenvalue weighted by atomic mass is 32.2. The summed E-state index contributed by atoms with van der Waals surface area (Å²) in [6, 6.07) is 0. The first-order valence-electron chi connectivity index (χ1n) is 4.83. The first-order valence-corrected chi connectivity index (χ1v) is 5.98. The van der Waals surface area contributed by atoms with Crippen LogP contribution in [0.4, 0.5) is 0 Å². The van der Waals surface area contributed by atoms with Gasteiger partial charge in [0.15, 0.2) is 0 Å². The smallest absolute Gasteiger partial charge is 0.331 e. The second kappa shape index (κ2) is 7.88. The summed E-state index contributed by atoms with van der Waals surface area (Å²) in [4.78, 5) is 12.7. The first-order chi connectivity index (χ1) is 6.61. The van der Waals surface area contributed by atoms with Gasteiger partial charge in [-0.25, -0.2) is 4.79 Å². The molecule has 0 unspecified atom stereocenters. The van der Waals surface area contributed by atoms with Crippen LogP contribution in [-0.4, -0.2) is 47.1 Å². The number of nitrogens with zero attached hydrogens (tertiary/aromatic N) is 1. The van der Waals surface area contributed by atoms with E-state index in [1.807, 2.05) is 0 Å². The molecular weight excluding hydrogens is 198 g/mol. The van der Waals surface area contributed by atoms with Gasteiger partial charge in [0.05, 0.1) is 0 Å². The average Bonchev–Trinajstić information content (AvgIpc) is 2.17. The van der Waals surface area contributed by atoms with Crippen molar-refractivity contribution in [3.63, 3.8) is 0 Å². The number of aliphatic carboxylic acids is 1. The van der Waals surface area contributed by atoms with Crippen LogP contribution in [0.15, 0.2) is 12.2 Å². The van der Waals surface area contributed by atoms with E-state index in [0.717, 1.165) is 25.4 Å². The Balaban J connectivity index is 3.46. The standard InChI is InChI=1S/C10H19NO2S/c1-4-11(5-2)6-7-14-8-9(3)10(12)13/h3-8H2,1-2H3,(H,12,13). The van der Waals surface area contributed by atoms with Crippen LogP contribution in [-0.2, 0) is 4.79 Å². The van der Waals surface area contributed by atoms with Crippen LogP contribution in [0.25, 0.3) is 0 Å². The third-order valence-corrected chi connectivity index (χ3v) is 3.05. The van der Waals surface area contributed by atoms with Gasteiger partial charge in [0.1, 0.15) is 0 Å². The van der Waals surface area contributed by atoms with Gasteiger partial charge in [0.2, 0.25) is 0 Å². The minimum absolute atomic E-state index is 0.287. The maximum absolute atomic E-state index is 10.4. The fourth-order valence-corrected chi connectivity index (χ4v) is 1.89. The van der Waals surface area contributed by atoms with Crippen molar-refractivity contribution >= 4 is 17.7 Å². The molecule has 0 bridgehead atoms. The van der Waals surface area contributed by atoms with E-state index in [-0.39, 0.29) is 5.57 Å². The Kier molecular flexibility index (Phi) is 7.61. The maximum atomic E-state index is 10.4. The molecule has 82 valence electrons. The molecule has 0 aliphatic carbocycles. The predicted octanol–water partition coefficient (Wildman–Crippen LogP) is 1.70. The Hall–Kier alpha value is -0.480. The van der Waals surface area contributed by atoms with Crippen LogP contribution in [0.2, 0.25) is 0 Å². The Morgan fingerprint density at radius 1 is 1.43 bits per heavy atom. The number of carbonyl (C=O) groups is 1. The minimum Gasteiger partial charge on any atom is -0.478 e. The second-order valence-electron chi connectivity index (χ2n) is 2.99. The Morgan fingerprint density at radius 2 is 2.00 bits per heavy atom. The molecule has 14 heavy (non-hydrogen) atoms. The molecule has 0 aromatic rings. The van der Waals surface area contributed by atoms with Crippen molar-refractivity contribution in [1.29, 1.82) is 0 Å². The van der Waals surface area contributed by atoms with E-state index in [4.69, 9.17) is 5.11 Å². The van der Waals surface area contributed by atoms with Gasteiger partial charge in [-0.2, -0.15) is 11.8 Å². The van der Waals surface area contributed by atoms with Gasteiger partial charge in [0.25, 0.3) is 0 Å². The predicted molar refractivity (Wildman–Crippen MR) is 61.9 cm³/mol.